The number of rotatable bonds is 8. The lowest BCUT2D eigenvalue weighted by atomic mass is 9.93. The van der Waals surface area contributed by atoms with Gasteiger partial charge in [0, 0.05) is 35.0 Å². The first kappa shape index (κ1) is 25.2. The second-order valence-corrected chi connectivity index (χ2v) is 10.3. The van der Waals surface area contributed by atoms with Crippen molar-refractivity contribution in [2.24, 2.45) is 0 Å². The van der Waals surface area contributed by atoms with E-state index < -0.39 is 0 Å². The third kappa shape index (κ3) is 6.04. The summed E-state index contributed by atoms with van der Waals surface area (Å²) in [6, 6.07) is 9.32. The van der Waals surface area contributed by atoms with Crippen LogP contribution in [-0.2, 0) is 11.8 Å². The Morgan fingerprint density at radius 2 is 1.94 bits per heavy atom. The number of carbonyl (C=O) groups excluding carboxylic acids is 1. The number of pyridine rings is 1. The standard InChI is InChI=1S/C27H33N7O2/c1-18-9-10-20(26(35)29-25-14-24(36-31-25)27(2,3)4)13-23(18)34-17-22(30-32-34)21-12-19(15-28-16-21)8-7-11-33(5)6/h9-10,12-17H,7-8,11H2,1-6H3,(H,29,31,35). The molecule has 0 unspecified atom stereocenters. The molecule has 4 aromatic rings. The lowest BCUT2D eigenvalue weighted by Crippen LogP contribution is -2.13. The number of aromatic nitrogens is 5. The SMILES string of the molecule is Cc1ccc(C(=O)Nc2cc(C(C)(C)C)on2)cc1-n1cc(-c2cncc(CCCN(C)C)c2)nn1. The molecule has 1 N–H and O–H groups in total. The summed E-state index contributed by atoms with van der Waals surface area (Å²) in [5, 5.41) is 15.5. The Hall–Kier alpha value is -3.85. The molecule has 0 aliphatic heterocycles. The van der Waals surface area contributed by atoms with Crippen molar-refractivity contribution >= 4 is 11.7 Å². The van der Waals surface area contributed by atoms with Crippen molar-refractivity contribution in [3.8, 4) is 16.9 Å². The van der Waals surface area contributed by atoms with Gasteiger partial charge in [0.25, 0.3) is 5.91 Å². The Kier molecular flexibility index (Phi) is 7.30. The van der Waals surface area contributed by atoms with Gasteiger partial charge < -0.3 is 14.7 Å². The highest BCUT2D eigenvalue weighted by molar-refractivity contribution is 6.04. The fourth-order valence-corrected chi connectivity index (χ4v) is 3.75. The van der Waals surface area contributed by atoms with Gasteiger partial charge in [-0.25, -0.2) is 4.68 Å². The number of benzene rings is 1. The molecule has 1 aromatic carbocycles. The number of amides is 1. The average Bonchev–Trinajstić information content (AvgIpc) is 3.49. The van der Waals surface area contributed by atoms with Gasteiger partial charge in [0.2, 0.25) is 0 Å². The predicted molar refractivity (Wildman–Crippen MR) is 139 cm³/mol. The van der Waals surface area contributed by atoms with E-state index in [1.165, 1.54) is 5.56 Å². The summed E-state index contributed by atoms with van der Waals surface area (Å²) < 4.78 is 7.06. The number of carbonyl (C=O) groups is 1. The Morgan fingerprint density at radius 1 is 1.14 bits per heavy atom. The molecule has 36 heavy (non-hydrogen) atoms. The maximum atomic E-state index is 12.9. The fraction of sp³-hybridized carbons (Fsp3) is 0.370. The van der Waals surface area contributed by atoms with Crippen LogP contribution < -0.4 is 5.32 Å². The molecule has 3 heterocycles. The molecule has 0 aliphatic carbocycles. The van der Waals surface area contributed by atoms with E-state index >= 15 is 0 Å². The van der Waals surface area contributed by atoms with Crippen LogP contribution in [0.4, 0.5) is 5.82 Å². The first-order valence-corrected chi connectivity index (χ1v) is 12.0. The van der Waals surface area contributed by atoms with E-state index in [2.05, 4.69) is 50.8 Å². The monoisotopic (exact) mass is 487 g/mol. The molecule has 9 heteroatoms. The molecule has 0 atom stereocenters. The average molecular weight is 488 g/mol. The van der Waals surface area contributed by atoms with E-state index in [1.807, 2.05) is 46.2 Å². The van der Waals surface area contributed by atoms with Gasteiger partial charge in [0.15, 0.2) is 5.82 Å². The Morgan fingerprint density at radius 3 is 2.67 bits per heavy atom. The third-order valence-electron chi connectivity index (χ3n) is 5.86. The summed E-state index contributed by atoms with van der Waals surface area (Å²) >= 11 is 0. The van der Waals surface area contributed by atoms with Crippen molar-refractivity contribution < 1.29 is 9.32 Å². The second-order valence-electron chi connectivity index (χ2n) is 10.3. The Bertz CT molecular complexity index is 1350. The van der Waals surface area contributed by atoms with Crippen LogP contribution in [0.5, 0.6) is 0 Å². The van der Waals surface area contributed by atoms with E-state index in [0.29, 0.717) is 17.1 Å². The van der Waals surface area contributed by atoms with Crippen molar-refractivity contribution in [1.82, 2.24) is 30.0 Å². The molecular weight excluding hydrogens is 454 g/mol. The number of nitrogens with one attached hydrogen (secondary N) is 1. The third-order valence-corrected chi connectivity index (χ3v) is 5.86. The van der Waals surface area contributed by atoms with E-state index in [-0.39, 0.29) is 11.3 Å². The molecule has 0 aliphatic rings. The van der Waals surface area contributed by atoms with E-state index in [0.717, 1.165) is 41.9 Å². The van der Waals surface area contributed by atoms with Gasteiger partial charge in [-0.2, -0.15) is 0 Å². The summed E-state index contributed by atoms with van der Waals surface area (Å²) in [7, 11) is 4.15. The van der Waals surface area contributed by atoms with Crippen LogP contribution in [0.15, 0.2) is 53.4 Å². The number of hydrogen-bond acceptors (Lipinski definition) is 7. The minimum Gasteiger partial charge on any atom is -0.359 e. The zero-order valence-electron chi connectivity index (χ0n) is 21.7. The highest BCUT2D eigenvalue weighted by Gasteiger charge is 2.21. The summed E-state index contributed by atoms with van der Waals surface area (Å²) in [4.78, 5) is 19.5. The summed E-state index contributed by atoms with van der Waals surface area (Å²) in [5.41, 5.74) is 4.83. The second kappa shape index (κ2) is 10.4. The van der Waals surface area contributed by atoms with Gasteiger partial charge in [-0.1, -0.05) is 37.2 Å². The van der Waals surface area contributed by atoms with Crippen molar-refractivity contribution in [2.45, 2.75) is 46.0 Å². The van der Waals surface area contributed by atoms with Crippen LogP contribution in [0.1, 0.15) is 54.4 Å². The van der Waals surface area contributed by atoms with Crippen LogP contribution in [0.2, 0.25) is 0 Å². The Balaban J connectivity index is 1.52. The van der Waals surface area contributed by atoms with E-state index in [1.54, 1.807) is 29.1 Å². The summed E-state index contributed by atoms with van der Waals surface area (Å²) in [6.07, 6.45) is 7.56. The molecule has 0 saturated heterocycles. The highest BCUT2D eigenvalue weighted by atomic mass is 16.5. The fourth-order valence-electron chi connectivity index (χ4n) is 3.75. The first-order chi connectivity index (χ1) is 17.1. The number of nitrogens with zero attached hydrogens (tertiary/aromatic N) is 6. The van der Waals surface area contributed by atoms with Gasteiger partial charge in [-0.05, 0) is 69.7 Å². The molecule has 0 spiro atoms. The zero-order valence-corrected chi connectivity index (χ0v) is 21.7. The van der Waals surface area contributed by atoms with E-state index in [9.17, 15) is 4.79 Å². The van der Waals surface area contributed by atoms with Gasteiger partial charge in [-0.15, -0.1) is 5.10 Å². The van der Waals surface area contributed by atoms with Crippen molar-refractivity contribution in [3.05, 3.63) is 71.4 Å². The molecule has 0 fully saturated rings. The molecule has 0 radical (unpaired) electrons. The van der Waals surface area contributed by atoms with Gasteiger partial charge in [0.1, 0.15) is 11.5 Å². The smallest absolute Gasteiger partial charge is 0.256 e. The van der Waals surface area contributed by atoms with Crippen LogP contribution in [0, 0.1) is 6.92 Å². The van der Waals surface area contributed by atoms with Crippen LogP contribution >= 0.6 is 0 Å². The van der Waals surface area contributed by atoms with Gasteiger partial charge in [-0.3, -0.25) is 9.78 Å². The van der Waals surface area contributed by atoms with Crippen LogP contribution in [0.25, 0.3) is 16.9 Å². The van der Waals surface area contributed by atoms with E-state index in [4.69, 9.17) is 4.52 Å². The van der Waals surface area contributed by atoms with Crippen molar-refractivity contribution in [1.29, 1.82) is 0 Å². The lowest BCUT2D eigenvalue weighted by Gasteiger charge is -2.12. The molecule has 4 rings (SSSR count). The van der Waals surface area contributed by atoms with Crippen molar-refractivity contribution in [3.63, 3.8) is 0 Å². The number of hydrogen-bond donors (Lipinski definition) is 1. The number of aryl methyl sites for hydroxylation is 2. The molecule has 0 saturated carbocycles. The molecule has 0 bridgehead atoms. The minimum atomic E-state index is -0.278. The Labute approximate surface area is 211 Å². The van der Waals surface area contributed by atoms with Gasteiger partial charge >= 0.3 is 0 Å². The molecule has 188 valence electrons. The van der Waals surface area contributed by atoms with Crippen molar-refractivity contribution in [2.75, 3.05) is 26.0 Å². The minimum absolute atomic E-state index is 0.195. The maximum absolute atomic E-state index is 12.9. The first-order valence-electron chi connectivity index (χ1n) is 12.0. The topological polar surface area (TPSA) is 102 Å². The molecule has 3 aromatic heterocycles. The summed E-state index contributed by atoms with van der Waals surface area (Å²) in [6.45, 7) is 9.07. The molecule has 1 amide bonds. The number of anilines is 1. The van der Waals surface area contributed by atoms with Crippen LogP contribution in [-0.4, -0.2) is 56.6 Å². The lowest BCUT2D eigenvalue weighted by molar-refractivity contribution is 0.102. The summed E-state index contributed by atoms with van der Waals surface area (Å²) in [5.74, 6) is 0.807. The normalized spacial score (nSPS) is 11.8. The maximum Gasteiger partial charge on any atom is 0.256 e. The van der Waals surface area contributed by atoms with Gasteiger partial charge in [0.05, 0.1) is 11.9 Å². The zero-order chi connectivity index (χ0) is 25.9. The molecular formula is C27H33N7O2. The quantitative estimate of drug-likeness (QED) is 0.385. The van der Waals surface area contributed by atoms with Crippen LogP contribution in [0.3, 0.4) is 0 Å². The molecule has 9 nitrogen and oxygen atoms in total. The largest absolute Gasteiger partial charge is 0.359 e. The predicted octanol–water partition coefficient (Wildman–Crippen LogP) is 4.67. The highest BCUT2D eigenvalue weighted by Crippen LogP contribution is 2.25.